The zero-order valence-electron chi connectivity index (χ0n) is 39.7. The van der Waals surface area contributed by atoms with E-state index in [0.29, 0.717) is 45.4 Å². The van der Waals surface area contributed by atoms with E-state index in [1.165, 1.54) is 22.4 Å². The maximum absolute atomic E-state index is 12.6. The van der Waals surface area contributed by atoms with E-state index in [1.54, 1.807) is 12.5 Å². The molecule has 0 fully saturated rings. The number of amides is 3. The lowest BCUT2D eigenvalue weighted by Crippen LogP contribution is -2.43. The lowest BCUT2D eigenvalue weighted by molar-refractivity contribution is -0.604. The maximum Gasteiger partial charge on any atom is 0.321 e. The fourth-order valence-electron chi connectivity index (χ4n) is 9.00. The molecular formula is C51H74N9O5S+. The summed E-state index contributed by atoms with van der Waals surface area (Å²) in [6, 6.07) is 16.7. The Bertz CT molecular complexity index is 2310. The average molecular weight is 925 g/mol. The van der Waals surface area contributed by atoms with Gasteiger partial charge in [-0.05, 0) is 75.1 Å². The van der Waals surface area contributed by atoms with Crippen molar-refractivity contribution in [1.29, 1.82) is 0 Å². The molecule has 0 atom stereocenters. The second kappa shape index (κ2) is 25.4. The summed E-state index contributed by atoms with van der Waals surface area (Å²) in [5, 5.41) is 8.51. The molecule has 2 aliphatic heterocycles. The van der Waals surface area contributed by atoms with Gasteiger partial charge in [-0.3, -0.25) is 19.7 Å². The van der Waals surface area contributed by atoms with Crippen molar-refractivity contribution in [3.8, 4) is 0 Å². The Labute approximate surface area is 393 Å². The van der Waals surface area contributed by atoms with Gasteiger partial charge in [0.15, 0.2) is 11.5 Å². The summed E-state index contributed by atoms with van der Waals surface area (Å²) in [5.74, 6) is 0.00596. The Kier molecular flexibility index (Phi) is 19.8. The number of hydrogen-bond acceptors (Lipinski definition) is 7. The van der Waals surface area contributed by atoms with Crippen LogP contribution in [-0.4, -0.2) is 89.6 Å². The van der Waals surface area contributed by atoms with Crippen LogP contribution in [0.1, 0.15) is 134 Å². The summed E-state index contributed by atoms with van der Waals surface area (Å²) in [7, 11) is -3.98. The Morgan fingerprint density at radius 2 is 1.55 bits per heavy atom. The number of imidazole rings is 1. The number of benzene rings is 2. The highest BCUT2D eigenvalue weighted by Crippen LogP contribution is 2.47. The topological polar surface area (TPSA) is 198 Å². The first-order chi connectivity index (χ1) is 31.7. The van der Waals surface area contributed by atoms with Crippen molar-refractivity contribution in [3.05, 3.63) is 120 Å². The Hall–Kier alpha value is -5.54. The lowest BCUT2D eigenvalue weighted by Gasteiger charge is -2.27. The van der Waals surface area contributed by atoms with Crippen LogP contribution in [0.4, 0.5) is 10.5 Å². The van der Waals surface area contributed by atoms with Gasteiger partial charge in [0.2, 0.25) is 11.6 Å². The van der Waals surface area contributed by atoms with E-state index < -0.39 is 10.1 Å². The molecule has 1 aromatic heterocycles. The number of carbonyl (C=O) groups is 2. The van der Waals surface area contributed by atoms with Gasteiger partial charge in [-0.1, -0.05) is 94.2 Å². The van der Waals surface area contributed by atoms with Gasteiger partial charge >= 0.3 is 6.03 Å². The number of H-pyrrole nitrogens is 1. The van der Waals surface area contributed by atoms with Crippen molar-refractivity contribution in [2.24, 2.45) is 10.7 Å². The number of hydrogen-bond donors (Lipinski definition) is 6. The fraction of sp³-hybridized carbons (Fsp3) is 0.510. The molecule has 3 aromatic rings. The van der Waals surface area contributed by atoms with Crippen LogP contribution >= 0.6 is 0 Å². The van der Waals surface area contributed by atoms with Gasteiger partial charge < -0.3 is 26.3 Å². The van der Waals surface area contributed by atoms with Gasteiger partial charge in [0.1, 0.15) is 6.54 Å². The van der Waals surface area contributed by atoms with Crippen molar-refractivity contribution >= 4 is 39.4 Å². The molecule has 0 aliphatic carbocycles. The fourth-order valence-corrected chi connectivity index (χ4v) is 9.57. The molecule has 66 heavy (non-hydrogen) atoms. The number of aromatic nitrogens is 2. The largest absolute Gasteiger partial charge is 0.370 e. The summed E-state index contributed by atoms with van der Waals surface area (Å²) in [6.45, 7) is 12.4. The van der Waals surface area contributed by atoms with Crippen LogP contribution in [0.15, 0.2) is 102 Å². The molecule has 15 heteroatoms. The number of anilines is 1. The molecule has 14 nitrogen and oxygen atoms in total. The molecule has 0 unspecified atom stereocenters. The number of carbonyl (C=O) groups excluding carboxylic acids is 2. The third kappa shape index (κ3) is 15.5. The van der Waals surface area contributed by atoms with Crippen LogP contribution in [-0.2, 0) is 32.3 Å². The number of aromatic amines is 1. The Morgan fingerprint density at radius 3 is 2.29 bits per heavy atom. The predicted molar refractivity (Wildman–Crippen MR) is 267 cm³/mol. The van der Waals surface area contributed by atoms with E-state index >= 15 is 0 Å². The summed E-state index contributed by atoms with van der Waals surface area (Å²) in [5.41, 5.74) is 13.7. The van der Waals surface area contributed by atoms with Gasteiger partial charge in [0.25, 0.3) is 10.1 Å². The molecule has 0 spiro atoms. The lowest BCUT2D eigenvalue weighted by atomic mass is 9.84. The summed E-state index contributed by atoms with van der Waals surface area (Å²) >= 11 is 0. The Morgan fingerprint density at radius 1 is 0.848 bits per heavy atom. The minimum absolute atomic E-state index is 0.120. The second-order valence-electron chi connectivity index (χ2n) is 18.3. The van der Waals surface area contributed by atoms with Crippen LogP contribution in [0.3, 0.4) is 0 Å². The number of guanidine groups is 1. The number of unbranched alkanes of at least 4 members (excludes halogenated alkanes) is 8. The first-order valence-corrected chi connectivity index (χ1v) is 25.5. The molecule has 7 N–H and O–H groups in total. The van der Waals surface area contributed by atoms with Gasteiger partial charge in [-0.15, -0.1) is 0 Å². The van der Waals surface area contributed by atoms with Crippen molar-refractivity contribution in [2.45, 2.75) is 129 Å². The van der Waals surface area contributed by atoms with E-state index in [2.05, 4.69) is 141 Å². The van der Waals surface area contributed by atoms with Crippen molar-refractivity contribution in [1.82, 2.24) is 25.9 Å². The van der Waals surface area contributed by atoms with Crippen LogP contribution in [0.2, 0.25) is 0 Å². The zero-order valence-corrected chi connectivity index (χ0v) is 40.5. The highest BCUT2D eigenvalue weighted by atomic mass is 32.2. The summed E-state index contributed by atoms with van der Waals surface area (Å²) < 4.78 is 34.4. The zero-order chi connectivity index (χ0) is 47.4. The number of nitrogens with zero attached hydrogens (tertiary/aromatic N) is 4. The highest BCUT2D eigenvalue weighted by Gasteiger charge is 2.43. The van der Waals surface area contributed by atoms with E-state index in [-0.39, 0.29) is 34.6 Å². The molecule has 0 saturated heterocycles. The quantitative estimate of drug-likeness (QED) is 0.0110. The SMILES string of the molecule is CC1(C)C(=CC=CC=CC2=[N+](CCCCCC(=O)NCCCCCCCCNC(=O)NC(N)=NCCCc3cnc[nH]3)C(C)(C)c3ccccc32)N(CCCCS(=O)(=O)O)c2ccccc21. The molecule has 0 bridgehead atoms. The van der Waals surface area contributed by atoms with Gasteiger partial charge in [-0.25, -0.2) is 14.4 Å². The number of nitrogens with one attached hydrogen (secondary N) is 4. The molecule has 2 aliphatic rings. The van der Waals surface area contributed by atoms with Crippen LogP contribution in [0, 0.1) is 0 Å². The maximum atomic E-state index is 12.6. The smallest absolute Gasteiger partial charge is 0.321 e. The average Bonchev–Trinajstić information content (AvgIpc) is 3.93. The van der Waals surface area contributed by atoms with Crippen LogP contribution in [0.25, 0.3) is 0 Å². The van der Waals surface area contributed by atoms with E-state index in [1.807, 2.05) is 6.07 Å². The Balaban J connectivity index is 0.988. The van der Waals surface area contributed by atoms with Crippen molar-refractivity contribution < 1.29 is 27.1 Å². The summed E-state index contributed by atoms with van der Waals surface area (Å²) in [4.78, 5) is 38.2. The monoisotopic (exact) mass is 925 g/mol. The molecule has 358 valence electrons. The number of urea groups is 1. The third-order valence-electron chi connectivity index (χ3n) is 12.6. The van der Waals surface area contributed by atoms with Gasteiger partial charge in [0, 0.05) is 93.2 Å². The molecule has 2 aromatic carbocycles. The van der Waals surface area contributed by atoms with Gasteiger partial charge in [-0.2, -0.15) is 8.42 Å². The molecular weight excluding hydrogens is 851 g/mol. The molecule has 3 amide bonds. The van der Waals surface area contributed by atoms with E-state index in [9.17, 15) is 22.6 Å². The minimum Gasteiger partial charge on any atom is -0.370 e. The molecule has 0 saturated carbocycles. The molecule has 0 radical (unpaired) electrons. The molecule has 3 heterocycles. The van der Waals surface area contributed by atoms with Gasteiger partial charge in [0.05, 0.1) is 17.6 Å². The second-order valence-corrected chi connectivity index (χ2v) is 19.9. The van der Waals surface area contributed by atoms with E-state index in [0.717, 1.165) is 94.3 Å². The number of rotatable bonds is 27. The molecule has 5 rings (SSSR count). The third-order valence-corrected chi connectivity index (χ3v) is 13.4. The van der Waals surface area contributed by atoms with Crippen LogP contribution in [0.5, 0.6) is 0 Å². The minimum atomic E-state index is -3.98. The normalized spacial score (nSPS) is 16.1. The predicted octanol–water partition coefficient (Wildman–Crippen LogP) is 8.19. The number of para-hydroxylation sites is 1. The number of fused-ring (bicyclic) bond motifs is 2. The number of allylic oxidation sites excluding steroid dienone is 6. The highest BCUT2D eigenvalue weighted by molar-refractivity contribution is 7.85. The first-order valence-electron chi connectivity index (χ1n) is 23.9. The number of nitrogens with two attached hydrogens (primary N) is 1. The van der Waals surface area contributed by atoms with Crippen LogP contribution < -0.4 is 26.6 Å². The number of aryl methyl sites for hydroxylation is 1. The summed E-state index contributed by atoms with van der Waals surface area (Å²) in [6.07, 6.45) is 26.2. The van der Waals surface area contributed by atoms with Crippen molar-refractivity contribution in [3.63, 3.8) is 0 Å². The standard InChI is InChI=1S/C51H73N9O5S/c1-50(2)43-27-16-17-29-45(43)59(35-21-22-37-66(63,64)65)46(50)30-12-9-11-28-44-41-25-14-15-26-42(41)51(3,4)60(44)36-20-10-13-31-47(61)54-32-18-7-5-6-8-19-33-56-49(62)58-48(52)55-34-23-24-40-38-53-39-57-40/h9,11-12,14-17,25-30,38-39H,5-8,10,13,18-24,31-37H2,1-4H3,(H6-,52,53,54,55,56,57,58,61,62,63,64,65)/p+1. The number of aliphatic imine (C=N–C) groups is 1. The van der Waals surface area contributed by atoms with Crippen molar-refractivity contribution in [2.75, 3.05) is 43.4 Å². The van der Waals surface area contributed by atoms with E-state index in [4.69, 9.17) is 5.73 Å². The first kappa shape index (κ1) is 51.4.